The van der Waals surface area contributed by atoms with E-state index in [-0.39, 0.29) is 17.3 Å². The molecule has 0 unspecified atom stereocenters. The number of methoxy groups -OCH3 is 1. The molecule has 2 aromatic rings. The molecule has 0 fully saturated rings. The van der Waals surface area contributed by atoms with Crippen LogP contribution in [-0.2, 0) is 27.8 Å². The SMILES string of the molecule is COc1ccc(CN(C)S(=O)(=O)c2ccc3c(c2)CCN3C(C)=O)cc1. The maximum absolute atomic E-state index is 12.9. The van der Waals surface area contributed by atoms with Gasteiger partial charge in [-0.3, -0.25) is 4.79 Å². The van der Waals surface area contributed by atoms with Crippen LogP contribution < -0.4 is 9.64 Å². The first-order valence-corrected chi connectivity index (χ1v) is 9.77. The molecule has 0 N–H and O–H groups in total. The number of amides is 1. The van der Waals surface area contributed by atoms with Crippen molar-refractivity contribution in [1.82, 2.24) is 4.31 Å². The summed E-state index contributed by atoms with van der Waals surface area (Å²) in [6, 6.07) is 12.3. The average Bonchev–Trinajstić information content (AvgIpc) is 3.05. The molecule has 1 aliphatic heterocycles. The zero-order valence-electron chi connectivity index (χ0n) is 15.1. The molecule has 138 valence electrons. The van der Waals surface area contributed by atoms with Crippen LogP contribution in [0.1, 0.15) is 18.1 Å². The van der Waals surface area contributed by atoms with Gasteiger partial charge in [0.15, 0.2) is 0 Å². The number of rotatable bonds is 5. The second-order valence-electron chi connectivity index (χ2n) is 6.32. The Morgan fingerprint density at radius 1 is 1.19 bits per heavy atom. The summed E-state index contributed by atoms with van der Waals surface area (Å²) in [6.45, 7) is 2.38. The Bertz CT molecular complexity index is 923. The van der Waals surface area contributed by atoms with Gasteiger partial charge in [-0.1, -0.05) is 12.1 Å². The van der Waals surface area contributed by atoms with Crippen molar-refractivity contribution in [1.29, 1.82) is 0 Å². The fourth-order valence-corrected chi connectivity index (χ4v) is 4.33. The molecule has 0 atom stereocenters. The van der Waals surface area contributed by atoms with E-state index in [1.807, 2.05) is 24.3 Å². The molecule has 1 heterocycles. The lowest BCUT2D eigenvalue weighted by atomic mass is 10.2. The first-order chi connectivity index (χ1) is 12.3. The second kappa shape index (κ2) is 7.09. The van der Waals surface area contributed by atoms with Crippen LogP contribution in [0.3, 0.4) is 0 Å². The summed E-state index contributed by atoms with van der Waals surface area (Å²) in [7, 11) is -0.459. The van der Waals surface area contributed by atoms with Crippen molar-refractivity contribution >= 4 is 21.6 Å². The number of carbonyl (C=O) groups is 1. The highest BCUT2D eigenvalue weighted by atomic mass is 32.2. The quantitative estimate of drug-likeness (QED) is 0.806. The van der Waals surface area contributed by atoms with Crippen LogP contribution in [0, 0.1) is 0 Å². The molecule has 3 rings (SSSR count). The number of benzene rings is 2. The minimum absolute atomic E-state index is 0.0315. The molecule has 2 aromatic carbocycles. The summed E-state index contributed by atoms with van der Waals surface area (Å²) in [5, 5.41) is 0. The topological polar surface area (TPSA) is 66.9 Å². The number of hydrogen-bond donors (Lipinski definition) is 0. The summed E-state index contributed by atoms with van der Waals surface area (Å²) in [5.74, 6) is 0.698. The summed E-state index contributed by atoms with van der Waals surface area (Å²) in [4.78, 5) is 13.6. The molecule has 7 heteroatoms. The third-order valence-corrected chi connectivity index (χ3v) is 6.40. The Kier molecular flexibility index (Phi) is 5.02. The lowest BCUT2D eigenvalue weighted by Crippen LogP contribution is -2.27. The van der Waals surface area contributed by atoms with Crippen LogP contribution in [0.25, 0.3) is 0 Å². The Morgan fingerprint density at radius 2 is 1.88 bits per heavy atom. The zero-order valence-corrected chi connectivity index (χ0v) is 15.9. The van der Waals surface area contributed by atoms with E-state index >= 15 is 0 Å². The van der Waals surface area contributed by atoms with Crippen LogP contribution in [0.15, 0.2) is 47.4 Å². The minimum Gasteiger partial charge on any atom is -0.497 e. The van der Waals surface area contributed by atoms with Gasteiger partial charge in [-0.05, 0) is 47.9 Å². The van der Waals surface area contributed by atoms with Crippen molar-refractivity contribution in [3.8, 4) is 5.75 Å². The molecule has 0 saturated heterocycles. The summed E-state index contributed by atoms with van der Waals surface area (Å²) < 4.78 is 32.2. The standard InChI is InChI=1S/C19H22N2O4S/c1-14(22)21-11-10-16-12-18(8-9-19(16)21)26(23,24)20(2)13-15-4-6-17(25-3)7-5-15/h4-9,12H,10-11,13H2,1-3H3. The van der Waals surface area contributed by atoms with Crippen molar-refractivity contribution < 1.29 is 17.9 Å². The Hall–Kier alpha value is -2.38. The number of ether oxygens (including phenoxy) is 1. The van der Waals surface area contributed by atoms with E-state index in [1.165, 1.54) is 11.2 Å². The van der Waals surface area contributed by atoms with Gasteiger partial charge in [0.25, 0.3) is 0 Å². The third kappa shape index (κ3) is 3.45. The lowest BCUT2D eigenvalue weighted by Gasteiger charge is -2.19. The first kappa shape index (κ1) is 18.4. The summed E-state index contributed by atoms with van der Waals surface area (Å²) >= 11 is 0. The fraction of sp³-hybridized carbons (Fsp3) is 0.316. The van der Waals surface area contributed by atoms with E-state index in [9.17, 15) is 13.2 Å². The molecule has 6 nitrogen and oxygen atoms in total. The fourth-order valence-electron chi connectivity index (χ4n) is 3.12. The molecule has 1 amide bonds. The molecule has 0 radical (unpaired) electrons. The van der Waals surface area contributed by atoms with E-state index in [0.717, 1.165) is 22.6 Å². The van der Waals surface area contributed by atoms with Gasteiger partial charge in [-0.2, -0.15) is 4.31 Å². The largest absolute Gasteiger partial charge is 0.497 e. The highest BCUT2D eigenvalue weighted by Gasteiger charge is 2.26. The second-order valence-corrected chi connectivity index (χ2v) is 8.37. The smallest absolute Gasteiger partial charge is 0.243 e. The predicted octanol–water partition coefficient (Wildman–Crippen LogP) is 2.42. The van der Waals surface area contributed by atoms with E-state index in [2.05, 4.69) is 0 Å². The minimum atomic E-state index is -3.61. The highest BCUT2D eigenvalue weighted by molar-refractivity contribution is 7.89. The number of nitrogens with zero attached hydrogens (tertiary/aromatic N) is 2. The van der Waals surface area contributed by atoms with E-state index < -0.39 is 10.0 Å². The van der Waals surface area contributed by atoms with Crippen molar-refractivity contribution in [2.45, 2.75) is 24.8 Å². The molecule has 26 heavy (non-hydrogen) atoms. The Morgan fingerprint density at radius 3 is 2.50 bits per heavy atom. The molecular weight excluding hydrogens is 352 g/mol. The van der Waals surface area contributed by atoms with Gasteiger partial charge < -0.3 is 9.64 Å². The third-order valence-electron chi connectivity index (χ3n) is 4.60. The number of anilines is 1. The van der Waals surface area contributed by atoms with Crippen molar-refractivity contribution in [2.24, 2.45) is 0 Å². The van der Waals surface area contributed by atoms with Crippen LogP contribution >= 0.6 is 0 Å². The molecule has 0 bridgehead atoms. The highest BCUT2D eigenvalue weighted by Crippen LogP contribution is 2.31. The molecular formula is C19H22N2O4S. The van der Waals surface area contributed by atoms with Gasteiger partial charge in [-0.25, -0.2) is 8.42 Å². The number of carbonyl (C=O) groups excluding carboxylic acids is 1. The zero-order chi connectivity index (χ0) is 18.9. The predicted molar refractivity (Wildman–Crippen MR) is 99.8 cm³/mol. The van der Waals surface area contributed by atoms with Crippen molar-refractivity contribution in [3.05, 3.63) is 53.6 Å². The van der Waals surface area contributed by atoms with Gasteiger partial charge in [-0.15, -0.1) is 0 Å². The lowest BCUT2D eigenvalue weighted by molar-refractivity contribution is -0.116. The van der Waals surface area contributed by atoms with Crippen LogP contribution in [0.2, 0.25) is 0 Å². The maximum Gasteiger partial charge on any atom is 0.243 e. The van der Waals surface area contributed by atoms with Gasteiger partial charge >= 0.3 is 0 Å². The van der Waals surface area contributed by atoms with Gasteiger partial charge in [0, 0.05) is 32.7 Å². The van der Waals surface area contributed by atoms with Gasteiger partial charge in [0.1, 0.15) is 5.75 Å². The summed E-state index contributed by atoms with van der Waals surface area (Å²) in [5.41, 5.74) is 2.56. The van der Waals surface area contributed by atoms with Crippen LogP contribution in [-0.4, -0.2) is 39.3 Å². The van der Waals surface area contributed by atoms with E-state index in [1.54, 1.807) is 37.3 Å². The average molecular weight is 374 g/mol. The van der Waals surface area contributed by atoms with Crippen molar-refractivity contribution in [2.75, 3.05) is 25.6 Å². The Labute approximate surface area is 154 Å². The van der Waals surface area contributed by atoms with E-state index in [4.69, 9.17) is 4.74 Å². The maximum atomic E-state index is 12.9. The molecule has 0 spiro atoms. The molecule has 0 aromatic heterocycles. The number of fused-ring (bicyclic) bond motifs is 1. The van der Waals surface area contributed by atoms with Crippen LogP contribution in [0.4, 0.5) is 5.69 Å². The first-order valence-electron chi connectivity index (χ1n) is 8.33. The number of hydrogen-bond acceptors (Lipinski definition) is 4. The summed E-state index contributed by atoms with van der Waals surface area (Å²) in [6.07, 6.45) is 0.667. The molecule has 0 aliphatic carbocycles. The van der Waals surface area contributed by atoms with Gasteiger partial charge in [0.05, 0.1) is 12.0 Å². The Balaban J connectivity index is 1.82. The molecule has 1 aliphatic rings. The van der Waals surface area contributed by atoms with Crippen LogP contribution in [0.5, 0.6) is 5.75 Å². The van der Waals surface area contributed by atoms with Crippen molar-refractivity contribution in [3.63, 3.8) is 0 Å². The monoisotopic (exact) mass is 374 g/mol. The van der Waals surface area contributed by atoms with E-state index in [0.29, 0.717) is 13.0 Å². The normalized spacial score (nSPS) is 13.8. The number of sulfonamides is 1. The van der Waals surface area contributed by atoms with Gasteiger partial charge in [0.2, 0.25) is 15.9 Å². The molecule has 0 saturated carbocycles.